The maximum Gasteiger partial charge on any atom is 0.490 e. The van der Waals surface area contributed by atoms with Crippen molar-refractivity contribution in [1.82, 2.24) is 9.88 Å². The van der Waals surface area contributed by atoms with Crippen LogP contribution in [0.1, 0.15) is 47.2 Å². The molecule has 1 aromatic heterocycles. The van der Waals surface area contributed by atoms with Gasteiger partial charge in [0.2, 0.25) is 0 Å². The minimum Gasteiger partial charge on any atom is -0.478 e. The first-order chi connectivity index (χ1) is 18.7. The normalized spacial score (nSPS) is 18.1. The molecule has 14 heteroatoms. The lowest BCUT2D eigenvalue weighted by molar-refractivity contribution is -0.192. The molecule has 2 saturated heterocycles. The summed E-state index contributed by atoms with van der Waals surface area (Å²) in [5.74, 6) is -2.94. The number of nitrogens with zero attached hydrogens (tertiary/aromatic N) is 3. The number of anilines is 2. The number of aryl methyl sites for hydroxylation is 2. The van der Waals surface area contributed by atoms with Crippen LogP contribution in [0, 0.1) is 19.8 Å². The van der Waals surface area contributed by atoms with Crippen LogP contribution in [0.15, 0.2) is 35.4 Å². The molecule has 220 valence electrons. The second kappa shape index (κ2) is 12.9. The third-order valence-electron chi connectivity index (χ3n) is 6.77. The van der Waals surface area contributed by atoms with Crippen LogP contribution in [-0.4, -0.2) is 79.4 Å². The highest BCUT2D eigenvalue weighted by Gasteiger charge is 2.38. The highest BCUT2D eigenvalue weighted by atomic mass is 32.2. The Labute approximate surface area is 230 Å². The van der Waals surface area contributed by atoms with E-state index in [1.54, 1.807) is 19.1 Å². The molecule has 2 aliphatic rings. The number of carboxylic acid groups (broad SMARTS) is 2. The zero-order chi connectivity index (χ0) is 29.7. The van der Waals surface area contributed by atoms with E-state index in [0.29, 0.717) is 17.3 Å². The number of pyridine rings is 1. The second-order valence-corrected chi connectivity index (χ2v) is 11.7. The predicted molar refractivity (Wildman–Crippen MR) is 142 cm³/mol. The zero-order valence-corrected chi connectivity index (χ0v) is 23.1. The Hall–Kier alpha value is -3.39. The summed E-state index contributed by atoms with van der Waals surface area (Å²) >= 11 is 0. The molecule has 0 radical (unpaired) electrons. The van der Waals surface area contributed by atoms with E-state index in [2.05, 4.69) is 19.5 Å². The van der Waals surface area contributed by atoms with Crippen molar-refractivity contribution >= 4 is 33.5 Å². The molecule has 3 N–H and O–H groups in total. The van der Waals surface area contributed by atoms with Crippen LogP contribution >= 0.6 is 0 Å². The molecule has 1 unspecified atom stereocenters. The molecule has 4 rings (SSSR count). The van der Waals surface area contributed by atoms with Gasteiger partial charge < -0.3 is 20.0 Å². The molecular weight excluding hydrogens is 553 g/mol. The first kappa shape index (κ1) is 31.1. The molecule has 1 atom stereocenters. The number of benzene rings is 1. The smallest absolute Gasteiger partial charge is 0.478 e. The Morgan fingerprint density at radius 1 is 1.07 bits per heavy atom. The molecule has 0 aliphatic carbocycles. The third-order valence-corrected chi connectivity index (χ3v) is 8.27. The van der Waals surface area contributed by atoms with E-state index in [1.165, 1.54) is 25.1 Å². The third kappa shape index (κ3) is 8.31. The standard InChI is InChI=1S/C24H32N4O4S.C2HF3O2/c1-17-7-8-18(2)22(12-17)33(31,32)26-21-13-20(24(29)30)14-25-23(21)28-11-5-6-19(16-28)15-27-9-3-4-10-27;3-2(4,5)1(6)7/h7-8,12-14,19,26H,3-6,9-11,15-16H2,1-2H3,(H,29,30);(H,6,7). The van der Waals surface area contributed by atoms with E-state index in [-0.39, 0.29) is 16.1 Å². The molecule has 0 bridgehead atoms. The topological polar surface area (TPSA) is 140 Å². The average molecular weight is 587 g/mol. The summed E-state index contributed by atoms with van der Waals surface area (Å²) < 4.78 is 60.9. The second-order valence-electron chi connectivity index (χ2n) is 10.0. The summed E-state index contributed by atoms with van der Waals surface area (Å²) in [6.07, 6.45) is 0.836. The number of carboxylic acids is 2. The lowest BCUT2D eigenvalue weighted by atomic mass is 9.97. The van der Waals surface area contributed by atoms with E-state index in [9.17, 15) is 31.5 Å². The van der Waals surface area contributed by atoms with Gasteiger partial charge in [-0.2, -0.15) is 13.2 Å². The highest BCUT2D eigenvalue weighted by Crippen LogP contribution is 2.32. The Balaban J connectivity index is 0.000000559. The Bertz CT molecular complexity index is 1330. The minimum absolute atomic E-state index is 0.0527. The fraction of sp³-hybridized carbons (Fsp3) is 0.500. The molecular formula is C26H33F3N4O6S. The van der Waals surface area contributed by atoms with Crippen LogP contribution in [0.2, 0.25) is 0 Å². The average Bonchev–Trinajstić information content (AvgIpc) is 3.38. The van der Waals surface area contributed by atoms with Gasteiger partial charge in [0.15, 0.2) is 5.82 Å². The van der Waals surface area contributed by atoms with Gasteiger partial charge in [-0.3, -0.25) is 4.72 Å². The van der Waals surface area contributed by atoms with Gasteiger partial charge in [-0.15, -0.1) is 0 Å². The molecule has 2 aliphatic heterocycles. The van der Waals surface area contributed by atoms with E-state index >= 15 is 0 Å². The van der Waals surface area contributed by atoms with Crippen LogP contribution in [0.25, 0.3) is 0 Å². The zero-order valence-electron chi connectivity index (χ0n) is 22.2. The lowest BCUT2D eigenvalue weighted by Crippen LogP contribution is -2.41. The monoisotopic (exact) mass is 586 g/mol. The summed E-state index contributed by atoms with van der Waals surface area (Å²) in [6.45, 7) is 8.43. The molecule has 1 aromatic carbocycles. The van der Waals surface area contributed by atoms with E-state index in [4.69, 9.17) is 9.90 Å². The SMILES string of the molecule is Cc1ccc(C)c(S(=O)(=O)Nc2cc(C(=O)O)cnc2N2CCCC(CN3CCCC3)C2)c1.O=C(O)C(F)(F)F. The van der Waals surface area contributed by atoms with Crippen molar-refractivity contribution < 1.29 is 41.4 Å². The van der Waals surface area contributed by atoms with Crippen LogP contribution in [0.4, 0.5) is 24.7 Å². The van der Waals surface area contributed by atoms with Crippen molar-refractivity contribution in [3.63, 3.8) is 0 Å². The molecule has 2 fully saturated rings. The maximum atomic E-state index is 13.3. The van der Waals surface area contributed by atoms with E-state index in [0.717, 1.165) is 51.1 Å². The number of hydrogen-bond donors (Lipinski definition) is 3. The number of carbonyl (C=O) groups is 2. The summed E-state index contributed by atoms with van der Waals surface area (Å²) in [5.41, 5.74) is 1.61. The Morgan fingerprint density at radius 3 is 2.33 bits per heavy atom. The van der Waals surface area contributed by atoms with Crippen LogP contribution in [0.5, 0.6) is 0 Å². The predicted octanol–water partition coefficient (Wildman–Crippen LogP) is 4.14. The molecule has 2 aromatic rings. The number of aliphatic carboxylic acids is 1. The van der Waals surface area contributed by atoms with Crippen molar-refractivity contribution in [2.75, 3.05) is 42.3 Å². The molecule has 0 amide bonds. The van der Waals surface area contributed by atoms with Crippen molar-refractivity contribution in [2.24, 2.45) is 5.92 Å². The Morgan fingerprint density at radius 2 is 1.73 bits per heavy atom. The van der Waals surface area contributed by atoms with Crippen LogP contribution < -0.4 is 9.62 Å². The van der Waals surface area contributed by atoms with Gasteiger partial charge in [-0.1, -0.05) is 12.1 Å². The van der Waals surface area contributed by atoms with Gasteiger partial charge in [0.05, 0.1) is 16.1 Å². The fourth-order valence-corrected chi connectivity index (χ4v) is 6.22. The van der Waals surface area contributed by atoms with Crippen LogP contribution in [0.3, 0.4) is 0 Å². The quantitative estimate of drug-likeness (QED) is 0.437. The summed E-state index contributed by atoms with van der Waals surface area (Å²) in [7, 11) is -3.92. The number of aromatic carboxylic acids is 1. The van der Waals surface area contributed by atoms with E-state index < -0.39 is 28.1 Å². The molecule has 10 nitrogen and oxygen atoms in total. The first-order valence-electron chi connectivity index (χ1n) is 12.8. The maximum absolute atomic E-state index is 13.3. The summed E-state index contributed by atoms with van der Waals surface area (Å²) in [6, 6.07) is 6.63. The molecule has 40 heavy (non-hydrogen) atoms. The number of aromatic nitrogens is 1. The van der Waals surface area contributed by atoms with Crippen molar-refractivity contribution in [1.29, 1.82) is 0 Å². The molecule has 0 saturated carbocycles. The minimum atomic E-state index is -5.08. The highest BCUT2D eigenvalue weighted by molar-refractivity contribution is 7.92. The number of likely N-dealkylation sites (tertiary alicyclic amines) is 1. The van der Waals surface area contributed by atoms with Crippen molar-refractivity contribution in [2.45, 2.75) is 50.6 Å². The number of rotatable bonds is 7. The summed E-state index contributed by atoms with van der Waals surface area (Å²) in [5, 5.41) is 16.6. The summed E-state index contributed by atoms with van der Waals surface area (Å²) in [4.78, 5) is 29.7. The molecule has 0 spiro atoms. The Kier molecular flexibility index (Phi) is 10.0. The van der Waals surface area contributed by atoms with Gasteiger partial charge >= 0.3 is 18.1 Å². The van der Waals surface area contributed by atoms with Gasteiger partial charge in [-0.05, 0) is 81.8 Å². The van der Waals surface area contributed by atoms with Gasteiger partial charge in [0.25, 0.3) is 10.0 Å². The first-order valence-corrected chi connectivity index (χ1v) is 14.3. The number of nitrogens with one attached hydrogen (secondary N) is 1. The van der Waals surface area contributed by atoms with Crippen molar-refractivity contribution in [3.05, 3.63) is 47.2 Å². The van der Waals surface area contributed by atoms with Crippen molar-refractivity contribution in [3.8, 4) is 0 Å². The number of hydrogen-bond acceptors (Lipinski definition) is 7. The van der Waals surface area contributed by atoms with Gasteiger partial charge in [0.1, 0.15) is 0 Å². The van der Waals surface area contributed by atoms with Crippen LogP contribution in [-0.2, 0) is 14.8 Å². The number of alkyl halides is 3. The largest absolute Gasteiger partial charge is 0.490 e. The van der Waals surface area contributed by atoms with E-state index in [1.807, 2.05) is 13.0 Å². The molecule has 3 heterocycles. The number of halogens is 3. The number of piperidine rings is 1. The van der Waals surface area contributed by atoms with Gasteiger partial charge in [0, 0.05) is 25.8 Å². The number of sulfonamides is 1. The fourth-order valence-electron chi connectivity index (χ4n) is 4.83. The lowest BCUT2D eigenvalue weighted by Gasteiger charge is -2.36. The van der Waals surface area contributed by atoms with Gasteiger partial charge in [-0.25, -0.2) is 23.0 Å².